The molecule has 2 nitrogen and oxygen atoms in total. The summed E-state index contributed by atoms with van der Waals surface area (Å²) >= 11 is 0. The summed E-state index contributed by atoms with van der Waals surface area (Å²) in [6.45, 7) is 13.5. The highest BCUT2D eigenvalue weighted by atomic mass is 14.8. The molecule has 2 rings (SSSR count). The van der Waals surface area contributed by atoms with Crippen molar-refractivity contribution < 1.29 is 0 Å². The van der Waals surface area contributed by atoms with Crippen molar-refractivity contribution in [2.75, 3.05) is 5.73 Å². The van der Waals surface area contributed by atoms with Crippen molar-refractivity contribution in [1.29, 1.82) is 0 Å². The summed E-state index contributed by atoms with van der Waals surface area (Å²) in [5.41, 5.74) is 8.97. The van der Waals surface area contributed by atoms with Gasteiger partial charge in [-0.25, -0.2) is 4.98 Å². The SMILES string of the molecule is CC(C)(C)c1cc2ccnc(N)c2cc1C(C)(C)C. The molecule has 0 aliphatic heterocycles. The smallest absolute Gasteiger partial charge is 0.131 e. The van der Waals surface area contributed by atoms with Gasteiger partial charge in [0.05, 0.1) is 0 Å². The van der Waals surface area contributed by atoms with E-state index in [1.54, 1.807) is 6.20 Å². The van der Waals surface area contributed by atoms with Crippen LogP contribution in [0.3, 0.4) is 0 Å². The van der Waals surface area contributed by atoms with Crippen LogP contribution in [0.1, 0.15) is 52.7 Å². The average molecular weight is 256 g/mol. The van der Waals surface area contributed by atoms with Crippen molar-refractivity contribution in [1.82, 2.24) is 4.98 Å². The van der Waals surface area contributed by atoms with Gasteiger partial charge < -0.3 is 5.73 Å². The third-order valence-electron chi connectivity index (χ3n) is 3.55. The van der Waals surface area contributed by atoms with E-state index in [0.717, 1.165) is 5.39 Å². The van der Waals surface area contributed by atoms with E-state index in [4.69, 9.17) is 5.73 Å². The summed E-state index contributed by atoms with van der Waals surface area (Å²) in [7, 11) is 0. The molecule has 2 N–H and O–H groups in total. The summed E-state index contributed by atoms with van der Waals surface area (Å²) in [5.74, 6) is 0.614. The maximum Gasteiger partial charge on any atom is 0.131 e. The average Bonchev–Trinajstić information content (AvgIpc) is 2.25. The monoisotopic (exact) mass is 256 g/mol. The number of rotatable bonds is 0. The molecule has 2 heteroatoms. The number of nitrogen functional groups attached to an aromatic ring is 1. The molecule has 102 valence electrons. The summed E-state index contributed by atoms with van der Waals surface area (Å²) in [5, 5.41) is 2.23. The number of nitrogens with zero attached hydrogens (tertiary/aromatic N) is 1. The molecule has 0 saturated heterocycles. The molecule has 2 aromatic rings. The van der Waals surface area contributed by atoms with E-state index in [0.29, 0.717) is 5.82 Å². The van der Waals surface area contributed by atoms with Gasteiger partial charge >= 0.3 is 0 Å². The Balaban J connectivity index is 2.87. The van der Waals surface area contributed by atoms with E-state index < -0.39 is 0 Å². The second kappa shape index (κ2) is 4.22. The zero-order chi connectivity index (χ0) is 14.4. The highest BCUT2D eigenvalue weighted by molar-refractivity contribution is 5.92. The van der Waals surface area contributed by atoms with E-state index in [1.807, 2.05) is 6.07 Å². The molecule has 0 bridgehead atoms. The minimum Gasteiger partial charge on any atom is -0.383 e. The molecule has 1 heterocycles. The molecule has 0 fully saturated rings. The number of pyridine rings is 1. The van der Waals surface area contributed by atoms with E-state index in [2.05, 4.69) is 58.7 Å². The van der Waals surface area contributed by atoms with Gasteiger partial charge in [-0.05, 0) is 39.5 Å². The first kappa shape index (κ1) is 13.9. The van der Waals surface area contributed by atoms with Gasteiger partial charge in [0.15, 0.2) is 0 Å². The van der Waals surface area contributed by atoms with E-state index >= 15 is 0 Å². The lowest BCUT2D eigenvalue weighted by atomic mass is 9.74. The van der Waals surface area contributed by atoms with Crippen LogP contribution >= 0.6 is 0 Å². The second-order valence-corrected chi connectivity index (χ2v) is 7.32. The molecule has 0 saturated carbocycles. The summed E-state index contributed by atoms with van der Waals surface area (Å²) < 4.78 is 0. The summed E-state index contributed by atoms with van der Waals surface area (Å²) in [4.78, 5) is 4.20. The Bertz CT molecular complexity index is 613. The number of hydrogen-bond acceptors (Lipinski definition) is 2. The number of benzene rings is 1. The maximum atomic E-state index is 6.02. The van der Waals surface area contributed by atoms with Crippen LogP contribution in [0.2, 0.25) is 0 Å². The van der Waals surface area contributed by atoms with Crippen molar-refractivity contribution in [2.24, 2.45) is 0 Å². The Hall–Kier alpha value is -1.57. The number of hydrogen-bond donors (Lipinski definition) is 1. The quantitative estimate of drug-likeness (QED) is 0.758. The first-order valence-corrected chi connectivity index (χ1v) is 6.80. The van der Waals surface area contributed by atoms with Gasteiger partial charge in [-0.2, -0.15) is 0 Å². The minimum atomic E-state index is 0.0963. The van der Waals surface area contributed by atoms with Gasteiger partial charge in [0.2, 0.25) is 0 Å². The summed E-state index contributed by atoms with van der Waals surface area (Å²) in [6.07, 6.45) is 1.78. The molecule has 19 heavy (non-hydrogen) atoms. The molecule has 0 aliphatic rings. The Labute approximate surface area is 116 Å². The molecule has 0 amide bonds. The number of nitrogens with two attached hydrogens (primary N) is 1. The molecule has 0 radical (unpaired) electrons. The van der Waals surface area contributed by atoms with E-state index in [-0.39, 0.29) is 10.8 Å². The van der Waals surface area contributed by atoms with Crippen LogP contribution in [0.25, 0.3) is 10.8 Å². The van der Waals surface area contributed by atoms with Gasteiger partial charge in [-0.15, -0.1) is 0 Å². The van der Waals surface area contributed by atoms with Crippen molar-refractivity contribution in [3.63, 3.8) is 0 Å². The zero-order valence-electron chi connectivity index (χ0n) is 12.8. The van der Waals surface area contributed by atoms with Crippen LogP contribution in [-0.4, -0.2) is 4.98 Å². The predicted octanol–water partition coefficient (Wildman–Crippen LogP) is 4.41. The van der Waals surface area contributed by atoms with Gasteiger partial charge in [0, 0.05) is 11.6 Å². The Morgan fingerprint density at radius 2 is 1.42 bits per heavy atom. The van der Waals surface area contributed by atoms with Crippen LogP contribution in [0, 0.1) is 0 Å². The highest BCUT2D eigenvalue weighted by Gasteiger charge is 2.25. The second-order valence-electron chi connectivity index (χ2n) is 7.32. The van der Waals surface area contributed by atoms with Crippen LogP contribution in [0.15, 0.2) is 24.4 Å². The molecular weight excluding hydrogens is 232 g/mol. The van der Waals surface area contributed by atoms with Gasteiger partial charge in [0.25, 0.3) is 0 Å². The molecule has 0 unspecified atom stereocenters. The summed E-state index contributed by atoms with van der Waals surface area (Å²) in [6, 6.07) is 6.53. The molecule has 0 spiro atoms. The Morgan fingerprint density at radius 3 is 1.95 bits per heavy atom. The minimum absolute atomic E-state index is 0.0963. The Morgan fingerprint density at radius 1 is 0.895 bits per heavy atom. The van der Waals surface area contributed by atoms with Gasteiger partial charge in [-0.1, -0.05) is 47.6 Å². The fraction of sp³-hybridized carbons (Fsp3) is 0.471. The van der Waals surface area contributed by atoms with Crippen molar-refractivity contribution in [3.8, 4) is 0 Å². The zero-order valence-corrected chi connectivity index (χ0v) is 12.8. The van der Waals surface area contributed by atoms with E-state index in [9.17, 15) is 0 Å². The van der Waals surface area contributed by atoms with Crippen LogP contribution < -0.4 is 5.73 Å². The number of anilines is 1. The van der Waals surface area contributed by atoms with Crippen LogP contribution in [0.4, 0.5) is 5.82 Å². The normalized spacial score (nSPS) is 12.9. The van der Waals surface area contributed by atoms with Gasteiger partial charge in [-0.3, -0.25) is 0 Å². The molecule has 0 atom stereocenters. The Kier molecular flexibility index (Phi) is 3.08. The standard InChI is InChI=1S/C17H24N2/c1-16(2,3)13-9-11-7-8-19-15(18)12(11)10-14(13)17(4,5)6/h7-10H,1-6H3,(H2,18,19). The van der Waals surface area contributed by atoms with Crippen molar-refractivity contribution in [2.45, 2.75) is 52.4 Å². The largest absolute Gasteiger partial charge is 0.383 e. The molecule has 1 aromatic carbocycles. The first-order valence-electron chi connectivity index (χ1n) is 6.80. The highest BCUT2D eigenvalue weighted by Crippen LogP contribution is 2.37. The van der Waals surface area contributed by atoms with Gasteiger partial charge in [0.1, 0.15) is 5.82 Å². The fourth-order valence-corrected chi connectivity index (χ4v) is 2.48. The van der Waals surface area contributed by atoms with Crippen molar-refractivity contribution in [3.05, 3.63) is 35.5 Å². The molecular formula is C17H24N2. The molecule has 0 aliphatic carbocycles. The number of fused-ring (bicyclic) bond motifs is 1. The first-order chi connectivity index (χ1) is 8.60. The van der Waals surface area contributed by atoms with E-state index in [1.165, 1.54) is 16.5 Å². The van der Waals surface area contributed by atoms with Crippen molar-refractivity contribution >= 4 is 16.6 Å². The third kappa shape index (κ3) is 2.58. The van der Waals surface area contributed by atoms with Crippen LogP contribution in [0.5, 0.6) is 0 Å². The lowest BCUT2D eigenvalue weighted by molar-refractivity contribution is 0.531. The third-order valence-corrected chi connectivity index (χ3v) is 3.55. The van der Waals surface area contributed by atoms with Crippen LogP contribution in [-0.2, 0) is 10.8 Å². The fourth-order valence-electron chi connectivity index (χ4n) is 2.48. The lowest BCUT2D eigenvalue weighted by Crippen LogP contribution is -2.22. The topological polar surface area (TPSA) is 38.9 Å². The molecule has 1 aromatic heterocycles. The number of aromatic nitrogens is 1. The maximum absolute atomic E-state index is 6.02. The predicted molar refractivity (Wildman–Crippen MR) is 83.6 cm³/mol. The lowest BCUT2D eigenvalue weighted by Gasteiger charge is -2.30.